The van der Waals surface area contributed by atoms with Crippen LogP contribution in [0.2, 0.25) is 0 Å². The molecule has 1 aromatic rings. The molecule has 8 heteroatoms. The lowest BCUT2D eigenvalue weighted by Gasteiger charge is -2.20. The van der Waals surface area contributed by atoms with Gasteiger partial charge in [0.05, 0.1) is 0 Å². The van der Waals surface area contributed by atoms with Crippen molar-refractivity contribution in [2.75, 3.05) is 6.61 Å². The largest absolute Gasteiger partial charge is 0.560 e. The van der Waals surface area contributed by atoms with Crippen LogP contribution in [0.5, 0.6) is 5.75 Å². The normalized spacial score (nSPS) is 13.2. The fourth-order valence-electron chi connectivity index (χ4n) is 2.18. The summed E-state index contributed by atoms with van der Waals surface area (Å²) in [6.07, 6.45) is 2.85. The number of amides is 1. The molecule has 7 nitrogen and oxygen atoms in total. The maximum atomic E-state index is 12.5. The van der Waals surface area contributed by atoms with Crippen molar-refractivity contribution < 1.29 is 24.1 Å². The Morgan fingerprint density at radius 1 is 1.35 bits per heavy atom. The number of benzene rings is 1. The van der Waals surface area contributed by atoms with Gasteiger partial charge in [0.2, 0.25) is 5.91 Å². The SMILES string of the molecule is [B]OC=N[C@@H](Cc1ccc(OCC=C)cc1)C(=O)N[C@H](C(=O)O)C(C)C. The second-order valence-electron chi connectivity index (χ2n) is 5.92. The van der Waals surface area contributed by atoms with Crippen molar-refractivity contribution >= 4 is 26.3 Å². The summed E-state index contributed by atoms with van der Waals surface area (Å²) in [6.45, 7) is 7.40. The number of hydrogen-bond donors (Lipinski definition) is 2. The minimum Gasteiger partial charge on any atom is -0.560 e. The second-order valence-corrected chi connectivity index (χ2v) is 5.92. The molecule has 0 fully saturated rings. The van der Waals surface area contributed by atoms with Gasteiger partial charge in [-0.2, -0.15) is 0 Å². The maximum absolute atomic E-state index is 12.5. The Bertz CT molecular complexity index is 631. The molecule has 0 unspecified atom stereocenters. The first-order valence-corrected chi connectivity index (χ1v) is 8.12. The molecule has 1 rings (SSSR count). The number of nitrogens with zero attached hydrogens (tertiary/aromatic N) is 1. The molecule has 1 amide bonds. The molecule has 0 aliphatic carbocycles. The molecule has 0 aromatic heterocycles. The predicted octanol–water partition coefficient (Wildman–Crippen LogP) is 1.52. The molecule has 2 atom stereocenters. The molecule has 0 saturated carbocycles. The van der Waals surface area contributed by atoms with Crippen LogP contribution < -0.4 is 10.1 Å². The van der Waals surface area contributed by atoms with Crippen molar-refractivity contribution in [3.63, 3.8) is 0 Å². The van der Waals surface area contributed by atoms with E-state index in [2.05, 4.69) is 21.5 Å². The van der Waals surface area contributed by atoms with E-state index >= 15 is 0 Å². The minimum atomic E-state index is -1.10. The molecule has 138 valence electrons. The Hall–Kier alpha value is -2.77. The summed E-state index contributed by atoms with van der Waals surface area (Å²) in [5.74, 6) is -1.22. The zero-order chi connectivity index (χ0) is 19.5. The number of rotatable bonds is 11. The smallest absolute Gasteiger partial charge is 0.375 e. The van der Waals surface area contributed by atoms with Crippen LogP contribution >= 0.6 is 0 Å². The Labute approximate surface area is 154 Å². The molecule has 26 heavy (non-hydrogen) atoms. The van der Waals surface area contributed by atoms with Gasteiger partial charge in [0.1, 0.15) is 24.4 Å². The lowest BCUT2D eigenvalue weighted by atomic mass is 10.0. The topological polar surface area (TPSA) is 97.2 Å². The number of aliphatic imine (C=N–C) groups is 1. The molecular formula is C18H23BN2O5. The summed E-state index contributed by atoms with van der Waals surface area (Å²) in [4.78, 5) is 27.7. The molecule has 0 saturated heterocycles. The molecule has 0 spiro atoms. The van der Waals surface area contributed by atoms with Gasteiger partial charge >= 0.3 is 14.0 Å². The average molecular weight is 358 g/mol. The zero-order valence-electron chi connectivity index (χ0n) is 14.9. The number of hydrogen-bond acceptors (Lipinski definition) is 5. The summed E-state index contributed by atoms with van der Waals surface area (Å²) >= 11 is 0. The molecular weight excluding hydrogens is 335 g/mol. The number of aliphatic carboxylic acids is 1. The van der Waals surface area contributed by atoms with Crippen LogP contribution in [0.4, 0.5) is 0 Å². The number of ether oxygens (including phenoxy) is 1. The highest BCUT2D eigenvalue weighted by molar-refractivity contribution is 6.02. The molecule has 0 aliphatic heterocycles. The van der Waals surface area contributed by atoms with Crippen molar-refractivity contribution in [1.29, 1.82) is 0 Å². The van der Waals surface area contributed by atoms with Gasteiger partial charge in [-0.05, 0) is 23.6 Å². The van der Waals surface area contributed by atoms with Gasteiger partial charge in [0.15, 0.2) is 6.40 Å². The highest BCUT2D eigenvalue weighted by atomic mass is 16.5. The lowest BCUT2D eigenvalue weighted by Crippen LogP contribution is -2.48. The highest BCUT2D eigenvalue weighted by Crippen LogP contribution is 2.15. The van der Waals surface area contributed by atoms with E-state index < -0.39 is 24.0 Å². The second kappa shape index (κ2) is 11.0. The Morgan fingerprint density at radius 2 is 2.00 bits per heavy atom. The summed E-state index contributed by atoms with van der Waals surface area (Å²) < 4.78 is 9.71. The summed E-state index contributed by atoms with van der Waals surface area (Å²) in [5, 5.41) is 11.7. The first-order chi connectivity index (χ1) is 12.4. The van der Waals surface area contributed by atoms with Crippen LogP contribution in [0.1, 0.15) is 19.4 Å². The van der Waals surface area contributed by atoms with E-state index in [9.17, 15) is 14.7 Å². The molecule has 0 heterocycles. The fourth-order valence-corrected chi connectivity index (χ4v) is 2.18. The van der Waals surface area contributed by atoms with E-state index in [1.54, 1.807) is 44.2 Å². The number of carboxylic acid groups (broad SMARTS) is 1. The van der Waals surface area contributed by atoms with Gasteiger partial charge in [0.25, 0.3) is 0 Å². The van der Waals surface area contributed by atoms with Crippen molar-refractivity contribution in [3.05, 3.63) is 42.5 Å². The zero-order valence-corrected chi connectivity index (χ0v) is 14.9. The van der Waals surface area contributed by atoms with Crippen LogP contribution in [0.3, 0.4) is 0 Å². The number of carbonyl (C=O) groups excluding carboxylic acids is 1. The van der Waals surface area contributed by atoms with Crippen LogP contribution in [0.25, 0.3) is 0 Å². The monoisotopic (exact) mass is 358 g/mol. The van der Waals surface area contributed by atoms with E-state index in [1.165, 1.54) is 0 Å². The van der Waals surface area contributed by atoms with Gasteiger partial charge in [-0.1, -0.05) is 38.6 Å². The van der Waals surface area contributed by atoms with E-state index in [0.29, 0.717) is 12.4 Å². The number of carboxylic acids is 1. The van der Waals surface area contributed by atoms with E-state index in [4.69, 9.17) is 12.8 Å². The maximum Gasteiger partial charge on any atom is 0.375 e. The molecule has 2 radical (unpaired) electrons. The van der Waals surface area contributed by atoms with E-state index in [-0.39, 0.29) is 12.3 Å². The first-order valence-electron chi connectivity index (χ1n) is 8.12. The van der Waals surface area contributed by atoms with Gasteiger partial charge in [-0.15, -0.1) is 0 Å². The number of carbonyl (C=O) groups is 2. The number of nitrogens with one attached hydrogen (secondary N) is 1. The molecule has 0 bridgehead atoms. The highest BCUT2D eigenvalue weighted by Gasteiger charge is 2.27. The summed E-state index contributed by atoms with van der Waals surface area (Å²) in [6, 6.07) is 5.26. The third-order valence-corrected chi connectivity index (χ3v) is 3.56. The third-order valence-electron chi connectivity index (χ3n) is 3.56. The van der Waals surface area contributed by atoms with Crippen LogP contribution in [-0.4, -0.2) is 50.1 Å². The van der Waals surface area contributed by atoms with Crippen molar-refractivity contribution in [3.8, 4) is 5.75 Å². The van der Waals surface area contributed by atoms with Crippen LogP contribution in [-0.2, 0) is 20.7 Å². The predicted molar refractivity (Wildman–Crippen MR) is 99.4 cm³/mol. The quantitative estimate of drug-likeness (QED) is 0.271. The van der Waals surface area contributed by atoms with Gasteiger partial charge in [-0.25, -0.2) is 9.79 Å². The van der Waals surface area contributed by atoms with Crippen LogP contribution in [0.15, 0.2) is 41.9 Å². The van der Waals surface area contributed by atoms with Crippen molar-refractivity contribution in [1.82, 2.24) is 5.32 Å². The Kier molecular flexibility index (Phi) is 8.98. The van der Waals surface area contributed by atoms with Gasteiger partial charge in [-0.3, -0.25) is 4.79 Å². The van der Waals surface area contributed by atoms with Gasteiger partial charge in [0, 0.05) is 6.42 Å². The Morgan fingerprint density at radius 3 is 2.50 bits per heavy atom. The third kappa shape index (κ3) is 7.00. The summed E-state index contributed by atoms with van der Waals surface area (Å²) in [7, 11) is 4.93. The lowest BCUT2D eigenvalue weighted by molar-refractivity contribution is -0.143. The molecule has 0 aliphatic rings. The minimum absolute atomic E-state index is 0.248. The molecule has 2 N–H and O–H groups in total. The Balaban J connectivity index is 2.85. The molecule has 1 aromatic carbocycles. The summed E-state index contributed by atoms with van der Waals surface area (Å²) in [5.41, 5.74) is 0.821. The standard InChI is InChI=1S/C18H23BN2O5/c1-4-9-25-14-7-5-13(6-8-14)10-15(20-11-26-19)17(22)21-16(12(2)3)18(23)24/h4-8,11-12,15-16H,1,9-10H2,2-3H3,(H,21,22)(H,23,24)/t15-,16-/m0/s1. The van der Waals surface area contributed by atoms with Crippen molar-refractivity contribution in [2.24, 2.45) is 10.9 Å². The average Bonchev–Trinajstić information content (AvgIpc) is 2.61. The van der Waals surface area contributed by atoms with E-state index in [1.807, 2.05) is 0 Å². The van der Waals surface area contributed by atoms with E-state index in [0.717, 1.165) is 12.0 Å². The fraction of sp³-hybridized carbons (Fsp3) is 0.389. The van der Waals surface area contributed by atoms with Gasteiger partial charge < -0.3 is 19.8 Å². The van der Waals surface area contributed by atoms with Crippen LogP contribution in [0, 0.1) is 5.92 Å². The van der Waals surface area contributed by atoms with Crippen molar-refractivity contribution in [2.45, 2.75) is 32.4 Å². The first kappa shape index (κ1) is 21.3.